The van der Waals surface area contributed by atoms with Gasteiger partial charge in [0.05, 0.1) is 7.11 Å². The first-order chi connectivity index (χ1) is 10.2. The molecule has 0 fully saturated rings. The van der Waals surface area contributed by atoms with Crippen LogP contribution in [0.5, 0.6) is 17.2 Å². The molecule has 0 bridgehead atoms. The van der Waals surface area contributed by atoms with E-state index >= 15 is 0 Å². The third-order valence-electron chi connectivity index (χ3n) is 2.80. The highest BCUT2D eigenvalue weighted by Crippen LogP contribution is 2.35. The highest BCUT2D eigenvalue weighted by molar-refractivity contribution is 9.08. The minimum absolute atomic E-state index is 0.423. The predicted molar refractivity (Wildman–Crippen MR) is 88.1 cm³/mol. The number of benzene rings is 2. The van der Waals surface area contributed by atoms with Crippen LogP contribution < -0.4 is 14.2 Å². The Morgan fingerprint density at radius 3 is 2.43 bits per heavy atom. The number of hydrogen-bond acceptors (Lipinski definition) is 3. The van der Waals surface area contributed by atoms with Gasteiger partial charge in [0.15, 0.2) is 11.5 Å². The van der Waals surface area contributed by atoms with Crippen molar-refractivity contribution < 1.29 is 14.2 Å². The van der Waals surface area contributed by atoms with E-state index < -0.39 is 0 Å². The molecule has 0 amide bonds. The molecule has 0 unspecified atom stereocenters. The SMILES string of the molecule is COc1cc(Cl)cc(CBr)c1OCCOc1ccccc1. The van der Waals surface area contributed by atoms with Gasteiger partial charge >= 0.3 is 0 Å². The molecule has 0 radical (unpaired) electrons. The number of halogens is 2. The van der Waals surface area contributed by atoms with E-state index in [0.29, 0.717) is 35.1 Å². The molecule has 21 heavy (non-hydrogen) atoms. The lowest BCUT2D eigenvalue weighted by Gasteiger charge is -2.15. The molecule has 0 aliphatic heterocycles. The summed E-state index contributed by atoms with van der Waals surface area (Å²) < 4.78 is 16.7. The number of methoxy groups -OCH3 is 1. The van der Waals surface area contributed by atoms with Crippen LogP contribution in [0.4, 0.5) is 0 Å². The number of hydrogen-bond donors (Lipinski definition) is 0. The lowest BCUT2D eigenvalue weighted by Crippen LogP contribution is -2.10. The van der Waals surface area contributed by atoms with Gasteiger partial charge in [-0.2, -0.15) is 0 Å². The number of rotatable bonds is 7. The van der Waals surface area contributed by atoms with Gasteiger partial charge in [-0.25, -0.2) is 0 Å². The summed E-state index contributed by atoms with van der Waals surface area (Å²) in [5.41, 5.74) is 0.944. The first-order valence-corrected chi connectivity index (χ1v) is 7.97. The van der Waals surface area contributed by atoms with E-state index in [-0.39, 0.29) is 0 Å². The molecule has 112 valence electrons. The van der Waals surface area contributed by atoms with Crippen LogP contribution in [-0.4, -0.2) is 20.3 Å². The first-order valence-electron chi connectivity index (χ1n) is 6.47. The van der Waals surface area contributed by atoms with E-state index in [2.05, 4.69) is 15.9 Å². The van der Waals surface area contributed by atoms with E-state index in [9.17, 15) is 0 Å². The molecule has 0 atom stereocenters. The summed E-state index contributed by atoms with van der Waals surface area (Å²) in [6.07, 6.45) is 0. The summed E-state index contributed by atoms with van der Waals surface area (Å²) in [6.45, 7) is 0.879. The van der Waals surface area contributed by atoms with Gasteiger partial charge in [0.25, 0.3) is 0 Å². The van der Waals surface area contributed by atoms with Crippen molar-refractivity contribution in [2.45, 2.75) is 5.33 Å². The van der Waals surface area contributed by atoms with Gasteiger partial charge in [-0.1, -0.05) is 45.7 Å². The van der Waals surface area contributed by atoms with Crippen molar-refractivity contribution in [1.82, 2.24) is 0 Å². The van der Waals surface area contributed by atoms with Gasteiger partial charge in [0.1, 0.15) is 19.0 Å². The van der Waals surface area contributed by atoms with Crippen LogP contribution in [0.15, 0.2) is 42.5 Å². The minimum Gasteiger partial charge on any atom is -0.493 e. The van der Waals surface area contributed by atoms with E-state index in [4.69, 9.17) is 25.8 Å². The largest absolute Gasteiger partial charge is 0.493 e. The summed E-state index contributed by atoms with van der Waals surface area (Å²) >= 11 is 9.47. The van der Waals surface area contributed by atoms with E-state index in [1.54, 1.807) is 13.2 Å². The van der Waals surface area contributed by atoms with Crippen LogP contribution in [0.25, 0.3) is 0 Å². The lowest BCUT2D eigenvalue weighted by molar-refractivity contribution is 0.210. The molecule has 0 aliphatic carbocycles. The third kappa shape index (κ3) is 4.55. The van der Waals surface area contributed by atoms with Crippen LogP contribution in [0, 0.1) is 0 Å². The first kappa shape index (κ1) is 16.0. The number of ether oxygens (including phenoxy) is 3. The normalized spacial score (nSPS) is 10.2. The van der Waals surface area contributed by atoms with E-state index in [1.807, 2.05) is 36.4 Å². The van der Waals surface area contributed by atoms with Crippen LogP contribution in [0.2, 0.25) is 5.02 Å². The molecule has 0 saturated carbocycles. The fraction of sp³-hybridized carbons (Fsp3) is 0.250. The van der Waals surface area contributed by atoms with Crippen molar-refractivity contribution in [3.05, 3.63) is 53.1 Å². The second-order valence-corrected chi connectivity index (χ2v) is 5.24. The van der Waals surface area contributed by atoms with Gasteiger partial charge in [-0.15, -0.1) is 0 Å². The van der Waals surface area contributed by atoms with Crippen LogP contribution in [-0.2, 0) is 5.33 Å². The Bertz CT molecular complexity index is 550. The molecule has 0 aromatic heterocycles. The standard InChI is InChI=1S/C16H16BrClO3/c1-19-15-10-13(18)9-12(11-17)16(15)21-8-7-20-14-5-3-2-4-6-14/h2-6,9-10H,7-8,11H2,1H3. The van der Waals surface area contributed by atoms with Crippen LogP contribution in [0.1, 0.15) is 5.56 Å². The van der Waals surface area contributed by atoms with E-state index in [0.717, 1.165) is 11.3 Å². The molecule has 0 aliphatic rings. The van der Waals surface area contributed by atoms with Crippen molar-refractivity contribution in [1.29, 1.82) is 0 Å². The van der Waals surface area contributed by atoms with Crippen molar-refractivity contribution >= 4 is 27.5 Å². The molecule has 2 aromatic rings. The van der Waals surface area contributed by atoms with E-state index in [1.165, 1.54) is 0 Å². The quantitative estimate of drug-likeness (QED) is 0.521. The topological polar surface area (TPSA) is 27.7 Å². The van der Waals surface area contributed by atoms with Gasteiger partial charge in [-0.05, 0) is 18.2 Å². The Kier molecular flexibility index (Phi) is 6.21. The Morgan fingerprint density at radius 2 is 1.76 bits per heavy atom. The number of para-hydroxylation sites is 1. The van der Waals surface area contributed by atoms with Gasteiger partial charge in [-0.3, -0.25) is 0 Å². The van der Waals surface area contributed by atoms with Crippen molar-refractivity contribution in [3.63, 3.8) is 0 Å². The van der Waals surface area contributed by atoms with Gasteiger partial charge in [0.2, 0.25) is 0 Å². The average molecular weight is 372 g/mol. The Morgan fingerprint density at radius 1 is 1.05 bits per heavy atom. The summed E-state index contributed by atoms with van der Waals surface area (Å²) in [6, 6.07) is 13.2. The van der Waals surface area contributed by atoms with Crippen LogP contribution in [0.3, 0.4) is 0 Å². The molecule has 2 aromatic carbocycles. The zero-order chi connectivity index (χ0) is 15.1. The third-order valence-corrected chi connectivity index (χ3v) is 3.62. The molecule has 0 spiro atoms. The molecule has 0 heterocycles. The molecular formula is C16H16BrClO3. The Balaban J connectivity index is 1.96. The highest BCUT2D eigenvalue weighted by Gasteiger charge is 2.12. The summed E-state index contributed by atoms with van der Waals surface area (Å²) in [7, 11) is 1.59. The molecule has 2 rings (SSSR count). The maximum Gasteiger partial charge on any atom is 0.165 e. The van der Waals surface area contributed by atoms with Gasteiger partial charge in [0, 0.05) is 22.0 Å². The predicted octanol–water partition coefficient (Wildman–Crippen LogP) is 4.70. The summed E-state index contributed by atoms with van der Waals surface area (Å²) in [4.78, 5) is 0. The molecule has 0 N–H and O–H groups in total. The van der Waals surface area contributed by atoms with Crippen molar-refractivity contribution in [2.24, 2.45) is 0 Å². The van der Waals surface area contributed by atoms with Crippen molar-refractivity contribution in [2.75, 3.05) is 20.3 Å². The van der Waals surface area contributed by atoms with Crippen molar-refractivity contribution in [3.8, 4) is 17.2 Å². The zero-order valence-corrected chi connectivity index (χ0v) is 14.0. The average Bonchev–Trinajstić information content (AvgIpc) is 2.52. The lowest BCUT2D eigenvalue weighted by atomic mass is 10.2. The highest BCUT2D eigenvalue weighted by atomic mass is 79.9. The fourth-order valence-electron chi connectivity index (χ4n) is 1.86. The molecular weight excluding hydrogens is 356 g/mol. The Labute approximate surface area is 137 Å². The molecule has 5 heteroatoms. The monoisotopic (exact) mass is 370 g/mol. The van der Waals surface area contributed by atoms with Crippen LogP contribution >= 0.6 is 27.5 Å². The number of alkyl halides is 1. The fourth-order valence-corrected chi connectivity index (χ4v) is 2.50. The smallest absolute Gasteiger partial charge is 0.165 e. The second kappa shape index (κ2) is 8.15. The maximum atomic E-state index is 6.04. The zero-order valence-electron chi connectivity index (χ0n) is 11.6. The minimum atomic E-state index is 0.423. The Hall–Kier alpha value is -1.39. The summed E-state index contributed by atoms with van der Waals surface area (Å²) in [5.74, 6) is 2.14. The summed E-state index contributed by atoms with van der Waals surface area (Å²) in [5, 5.41) is 1.26. The second-order valence-electron chi connectivity index (χ2n) is 4.24. The van der Waals surface area contributed by atoms with Gasteiger partial charge < -0.3 is 14.2 Å². The molecule has 0 saturated heterocycles. The maximum absolute atomic E-state index is 6.04. The molecule has 3 nitrogen and oxygen atoms in total.